The number of benzene rings is 2. The fourth-order valence-electron chi connectivity index (χ4n) is 2.46. The molecule has 0 bridgehead atoms. The molecule has 0 heterocycles. The van der Waals surface area contributed by atoms with Crippen molar-refractivity contribution in [3.05, 3.63) is 53.1 Å². The Kier molecular flexibility index (Phi) is 7.66. The first kappa shape index (κ1) is 21.1. The van der Waals surface area contributed by atoms with Crippen molar-refractivity contribution < 1.29 is 23.8 Å². The minimum absolute atomic E-state index is 0.121. The van der Waals surface area contributed by atoms with Crippen LogP contribution in [0.15, 0.2) is 42.5 Å². The number of anilines is 1. The highest BCUT2D eigenvalue weighted by Gasteiger charge is 2.20. The Morgan fingerprint density at radius 1 is 1.14 bits per heavy atom. The van der Waals surface area contributed by atoms with Gasteiger partial charge in [-0.1, -0.05) is 17.7 Å². The number of hydrogen-bond donors (Lipinski definition) is 0. The Balaban J connectivity index is 2.14. The molecule has 2 rings (SSSR count). The molecule has 0 saturated heterocycles. The van der Waals surface area contributed by atoms with Crippen LogP contribution in [0.5, 0.6) is 11.5 Å². The molecule has 0 atom stereocenters. The molecule has 8 heteroatoms. The van der Waals surface area contributed by atoms with Crippen LogP contribution in [0.1, 0.15) is 16.8 Å². The van der Waals surface area contributed by atoms with E-state index < -0.39 is 18.5 Å². The monoisotopic (exact) mass is 402 g/mol. The molecule has 2 aromatic carbocycles. The minimum atomic E-state index is -0.726. The average molecular weight is 403 g/mol. The number of halogens is 1. The summed E-state index contributed by atoms with van der Waals surface area (Å²) in [4.78, 5) is 26.4. The molecule has 28 heavy (non-hydrogen) atoms. The molecule has 0 aliphatic heterocycles. The number of carbonyl (C=O) groups excluding carboxylic acids is 2. The third-order valence-electron chi connectivity index (χ3n) is 3.82. The van der Waals surface area contributed by atoms with Crippen molar-refractivity contribution in [1.29, 1.82) is 5.26 Å². The lowest BCUT2D eigenvalue weighted by atomic mass is 10.2. The van der Waals surface area contributed by atoms with E-state index in [2.05, 4.69) is 0 Å². The van der Waals surface area contributed by atoms with E-state index >= 15 is 0 Å². The number of nitrogens with zero attached hydrogens (tertiary/aromatic N) is 2. The van der Waals surface area contributed by atoms with E-state index in [0.717, 1.165) is 0 Å². The first-order chi connectivity index (χ1) is 13.5. The summed E-state index contributed by atoms with van der Waals surface area (Å²) in [5, 5.41) is 9.30. The molecule has 7 nitrogen and oxygen atoms in total. The van der Waals surface area contributed by atoms with Gasteiger partial charge in [0, 0.05) is 17.3 Å². The lowest BCUT2D eigenvalue weighted by Crippen LogP contribution is -2.35. The van der Waals surface area contributed by atoms with Crippen molar-refractivity contribution in [3.8, 4) is 17.6 Å². The highest BCUT2D eigenvalue weighted by atomic mass is 35.5. The van der Waals surface area contributed by atoms with Crippen molar-refractivity contribution >= 4 is 29.2 Å². The van der Waals surface area contributed by atoms with Gasteiger partial charge in [-0.2, -0.15) is 5.26 Å². The van der Waals surface area contributed by atoms with Crippen LogP contribution in [0.4, 0.5) is 5.69 Å². The van der Waals surface area contributed by atoms with Gasteiger partial charge < -0.3 is 19.1 Å². The minimum Gasteiger partial charge on any atom is -0.497 e. The van der Waals surface area contributed by atoms with Crippen LogP contribution < -0.4 is 14.4 Å². The van der Waals surface area contributed by atoms with E-state index in [9.17, 15) is 9.59 Å². The lowest BCUT2D eigenvalue weighted by molar-refractivity contribution is -0.121. The van der Waals surface area contributed by atoms with Crippen LogP contribution in [0.3, 0.4) is 0 Å². The summed E-state index contributed by atoms with van der Waals surface area (Å²) in [6.07, 6.45) is 0.121. The summed E-state index contributed by atoms with van der Waals surface area (Å²) in [7, 11) is 2.89. The Hall–Kier alpha value is -3.24. The number of rotatable bonds is 8. The van der Waals surface area contributed by atoms with E-state index in [1.165, 1.54) is 25.2 Å². The maximum atomic E-state index is 12.6. The molecule has 0 saturated carbocycles. The zero-order valence-electron chi connectivity index (χ0n) is 15.5. The van der Waals surface area contributed by atoms with Crippen molar-refractivity contribution in [2.45, 2.75) is 6.42 Å². The van der Waals surface area contributed by atoms with Crippen LogP contribution in [-0.4, -0.2) is 39.2 Å². The van der Waals surface area contributed by atoms with E-state index in [0.29, 0.717) is 22.2 Å². The summed E-state index contributed by atoms with van der Waals surface area (Å²) < 4.78 is 15.4. The molecule has 0 unspecified atom stereocenters. The Bertz CT molecular complexity index is 894. The quantitative estimate of drug-likeness (QED) is 0.628. The Morgan fingerprint density at radius 2 is 1.93 bits per heavy atom. The SMILES string of the molecule is COc1ccc(OC)c(C(=O)OCC(=O)N(CCC#N)c2cccc(Cl)c2)c1. The van der Waals surface area contributed by atoms with Gasteiger partial charge in [0.05, 0.1) is 26.7 Å². The fourth-order valence-corrected chi connectivity index (χ4v) is 2.64. The molecule has 0 radical (unpaired) electrons. The first-order valence-corrected chi connectivity index (χ1v) is 8.70. The van der Waals surface area contributed by atoms with Crippen LogP contribution in [0.25, 0.3) is 0 Å². The molecule has 2 aromatic rings. The number of amides is 1. The van der Waals surface area contributed by atoms with E-state index in [-0.39, 0.29) is 18.5 Å². The third kappa shape index (κ3) is 5.38. The van der Waals surface area contributed by atoms with E-state index in [1.807, 2.05) is 6.07 Å². The lowest BCUT2D eigenvalue weighted by Gasteiger charge is -2.22. The first-order valence-electron chi connectivity index (χ1n) is 8.32. The van der Waals surface area contributed by atoms with Gasteiger partial charge in [-0.05, 0) is 36.4 Å². The fraction of sp³-hybridized carbons (Fsp3) is 0.250. The summed E-state index contributed by atoms with van der Waals surface area (Å²) in [5.74, 6) is -0.453. The summed E-state index contributed by atoms with van der Waals surface area (Å²) in [5.41, 5.74) is 0.656. The van der Waals surface area contributed by atoms with Gasteiger partial charge in [0.15, 0.2) is 6.61 Å². The Morgan fingerprint density at radius 3 is 2.57 bits per heavy atom. The molecule has 0 aliphatic rings. The molecule has 0 N–H and O–H groups in total. The number of carbonyl (C=O) groups is 2. The van der Waals surface area contributed by atoms with Crippen LogP contribution >= 0.6 is 11.6 Å². The van der Waals surface area contributed by atoms with Gasteiger partial charge in [-0.25, -0.2) is 4.79 Å². The number of hydrogen-bond acceptors (Lipinski definition) is 6. The van der Waals surface area contributed by atoms with Gasteiger partial charge in [-0.3, -0.25) is 4.79 Å². The number of methoxy groups -OCH3 is 2. The maximum absolute atomic E-state index is 12.6. The molecular formula is C20H19ClN2O5. The molecule has 146 valence electrons. The molecule has 0 spiro atoms. The molecular weight excluding hydrogens is 384 g/mol. The predicted molar refractivity (Wildman–Crippen MR) is 104 cm³/mol. The van der Waals surface area contributed by atoms with Gasteiger partial charge in [-0.15, -0.1) is 0 Å². The second kappa shape index (κ2) is 10.2. The zero-order valence-corrected chi connectivity index (χ0v) is 16.2. The van der Waals surface area contributed by atoms with Crippen LogP contribution in [0.2, 0.25) is 5.02 Å². The topological polar surface area (TPSA) is 88.9 Å². The number of esters is 1. The van der Waals surface area contributed by atoms with E-state index in [4.69, 9.17) is 31.1 Å². The molecule has 1 amide bonds. The summed E-state index contributed by atoms with van der Waals surface area (Å²) in [6.45, 7) is -0.354. The maximum Gasteiger partial charge on any atom is 0.342 e. The van der Waals surface area contributed by atoms with Crippen molar-refractivity contribution in [2.24, 2.45) is 0 Å². The highest BCUT2D eigenvalue weighted by molar-refractivity contribution is 6.30. The second-order valence-corrected chi connectivity index (χ2v) is 6.01. The predicted octanol–water partition coefficient (Wildman–Crippen LogP) is 3.46. The number of ether oxygens (including phenoxy) is 3. The average Bonchev–Trinajstić information content (AvgIpc) is 2.71. The third-order valence-corrected chi connectivity index (χ3v) is 4.06. The second-order valence-electron chi connectivity index (χ2n) is 5.58. The normalized spacial score (nSPS) is 9.93. The van der Waals surface area contributed by atoms with Crippen LogP contribution in [0, 0.1) is 11.3 Å². The largest absolute Gasteiger partial charge is 0.497 e. The van der Waals surface area contributed by atoms with Gasteiger partial charge in [0.1, 0.15) is 17.1 Å². The van der Waals surface area contributed by atoms with E-state index in [1.54, 1.807) is 36.4 Å². The summed E-state index contributed by atoms with van der Waals surface area (Å²) in [6, 6.07) is 13.3. The van der Waals surface area contributed by atoms with Crippen molar-refractivity contribution in [3.63, 3.8) is 0 Å². The molecule has 0 fully saturated rings. The van der Waals surface area contributed by atoms with Crippen LogP contribution in [-0.2, 0) is 9.53 Å². The highest BCUT2D eigenvalue weighted by Crippen LogP contribution is 2.25. The Labute approximate surface area is 168 Å². The van der Waals surface area contributed by atoms with Gasteiger partial charge in [0.25, 0.3) is 5.91 Å². The number of nitriles is 1. The van der Waals surface area contributed by atoms with Crippen molar-refractivity contribution in [2.75, 3.05) is 32.3 Å². The van der Waals surface area contributed by atoms with Crippen molar-refractivity contribution in [1.82, 2.24) is 0 Å². The molecule has 0 aromatic heterocycles. The molecule has 0 aliphatic carbocycles. The summed E-state index contributed by atoms with van der Waals surface area (Å²) >= 11 is 5.98. The smallest absolute Gasteiger partial charge is 0.342 e. The van der Waals surface area contributed by atoms with Gasteiger partial charge in [0.2, 0.25) is 0 Å². The standard InChI is InChI=1S/C20H19ClN2O5/c1-26-16-7-8-18(27-2)17(12-16)20(25)28-13-19(24)23(10-4-9-22)15-6-3-5-14(21)11-15/h3,5-8,11-12H,4,10,13H2,1-2H3. The van der Waals surface area contributed by atoms with Gasteiger partial charge >= 0.3 is 5.97 Å². The zero-order chi connectivity index (χ0) is 20.5.